The molecule has 0 aliphatic heterocycles. The SMILES string of the molecule is Cc1cnccc1C(NN)c1ccc(F)c(F)c1. The van der Waals surface area contributed by atoms with E-state index in [0.717, 1.165) is 23.3 Å². The van der Waals surface area contributed by atoms with E-state index in [1.165, 1.54) is 6.07 Å². The first-order valence-electron chi connectivity index (χ1n) is 5.45. The molecular formula is C13H13F2N3. The lowest BCUT2D eigenvalue weighted by atomic mass is 9.97. The first-order valence-corrected chi connectivity index (χ1v) is 5.45. The average molecular weight is 249 g/mol. The van der Waals surface area contributed by atoms with Gasteiger partial charge >= 0.3 is 0 Å². The van der Waals surface area contributed by atoms with Gasteiger partial charge in [-0.3, -0.25) is 10.8 Å². The number of nitrogens with zero attached hydrogens (tertiary/aromatic N) is 1. The Morgan fingerprint density at radius 2 is 2.00 bits per heavy atom. The first-order chi connectivity index (χ1) is 8.63. The summed E-state index contributed by atoms with van der Waals surface area (Å²) in [5.41, 5.74) is 4.96. The number of aromatic nitrogens is 1. The lowest BCUT2D eigenvalue weighted by molar-refractivity contribution is 0.504. The van der Waals surface area contributed by atoms with Gasteiger partial charge < -0.3 is 0 Å². The van der Waals surface area contributed by atoms with Crippen LogP contribution in [0, 0.1) is 18.6 Å². The van der Waals surface area contributed by atoms with Crippen molar-refractivity contribution in [3.05, 3.63) is 65.0 Å². The maximum Gasteiger partial charge on any atom is 0.159 e. The highest BCUT2D eigenvalue weighted by atomic mass is 19.2. The predicted octanol–water partition coefficient (Wildman–Crippen LogP) is 2.22. The van der Waals surface area contributed by atoms with Gasteiger partial charge in [0.25, 0.3) is 0 Å². The molecule has 94 valence electrons. The number of benzene rings is 1. The molecule has 3 nitrogen and oxygen atoms in total. The number of nitrogens with two attached hydrogens (primary N) is 1. The minimum Gasteiger partial charge on any atom is -0.271 e. The van der Waals surface area contributed by atoms with Gasteiger partial charge in [0.1, 0.15) is 0 Å². The molecule has 1 unspecified atom stereocenters. The molecule has 1 aromatic carbocycles. The molecule has 0 spiro atoms. The number of hydrogen-bond acceptors (Lipinski definition) is 3. The Bertz CT molecular complexity index is 558. The van der Waals surface area contributed by atoms with E-state index in [9.17, 15) is 8.78 Å². The number of aryl methyl sites for hydroxylation is 1. The van der Waals surface area contributed by atoms with Crippen LogP contribution in [0.4, 0.5) is 8.78 Å². The van der Waals surface area contributed by atoms with Crippen molar-refractivity contribution in [2.24, 2.45) is 5.84 Å². The van der Waals surface area contributed by atoms with Gasteiger partial charge in [-0.05, 0) is 41.8 Å². The van der Waals surface area contributed by atoms with Crippen LogP contribution < -0.4 is 11.3 Å². The number of rotatable bonds is 3. The molecule has 0 saturated carbocycles. The quantitative estimate of drug-likeness (QED) is 0.647. The van der Waals surface area contributed by atoms with Crippen molar-refractivity contribution in [1.82, 2.24) is 10.4 Å². The highest BCUT2D eigenvalue weighted by Crippen LogP contribution is 2.24. The molecule has 0 aliphatic rings. The monoisotopic (exact) mass is 249 g/mol. The molecule has 2 rings (SSSR count). The van der Waals surface area contributed by atoms with E-state index in [-0.39, 0.29) is 0 Å². The zero-order valence-corrected chi connectivity index (χ0v) is 9.82. The second-order valence-corrected chi connectivity index (χ2v) is 4.01. The van der Waals surface area contributed by atoms with Crippen LogP contribution in [-0.2, 0) is 0 Å². The lowest BCUT2D eigenvalue weighted by Crippen LogP contribution is -2.29. The van der Waals surface area contributed by atoms with Crippen LogP contribution in [0.2, 0.25) is 0 Å². The van der Waals surface area contributed by atoms with E-state index in [2.05, 4.69) is 10.4 Å². The van der Waals surface area contributed by atoms with Gasteiger partial charge in [-0.15, -0.1) is 0 Å². The molecule has 0 fully saturated rings. The molecule has 1 atom stereocenters. The van der Waals surface area contributed by atoms with Gasteiger partial charge in [-0.1, -0.05) is 6.07 Å². The van der Waals surface area contributed by atoms with Crippen LogP contribution in [0.5, 0.6) is 0 Å². The van der Waals surface area contributed by atoms with Crippen LogP contribution in [0.25, 0.3) is 0 Å². The fraction of sp³-hybridized carbons (Fsp3) is 0.154. The van der Waals surface area contributed by atoms with Gasteiger partial charge in [0, 0.05) is 12.4 Å². The minimum atomic E-state index is -0.889. The van der Waals surface area contributed by atoms with Crippen molar-refractivity contribution in [1.29, 1.82) is 0 Å². The van der Waals surface area contributed by atoms with Crippen LogP contribution in [-0.4, -0.2) is 4.98 Å². The number of hydrazine groups is 1. The van der Waals surface area contributed by atoms with Crippen LogP contribution in [0.3, 0.4) is 0 Å². The van der Waals surface area contributed by atoms with E-state index < -0.39 is 17.7 Å². The predicted molar refractivity (Wildman–Crippen MR) is 64.5 cm³/mol. The normalized spacial score (nSPS) is 12.4. The van der Waals surface area contributed by atoms with Gasteiger partial charge in [0.05, 0.1) is 6.04 Å². The number of hydrogen-bond donors (Lipinski definition) is 2. The smallest absolute Gasteiger partial charge is 0.159 e. The Kier molecular flexibility index (Phi) is 3.64. The topological polar surface area (TPSA) is 50.9 Å². The molecular weight excluding hydrogens is 236 g/mol. The Hall–Kier alpha value is -1.85. The first kappa shape index (κ1) is 12.6. The van der Waals surface area contributed by atoms with Crippen molar-refractivity contribution >= 4 is 0 Å². The summed E-state index contributed by atoms with van der Waals surface area (Å²) in [4.78, 5) is 3.98. The third kappa shape index (κ3) is 2.37. The van der Waals surface area contributed by atoms with E-state index in [1.54, 1.807) is 18.5 Å². The Morgan fingerprint density at radius 3 is 2.61 bits per heavy atom. The van der Waals surface area contributed by atoms with Crippen LogP contribution in [0.15, 0.2) is 36.7 Å². The van der Waals surface area contributed by atoms with Crippen molar-refractivity contribution < 1.29 is 8.78 Å². The summed E-state index contributed by atoms with van der Waals surface area (Å²) in [6, 6.07) is 5.12. The fourth-order valence-corrected chi connectivity index (χ4v) is 1.87. The summed E-state index contributed by atoms with van der Waals surface area (Å²) in [6.45, 7) is 1.88. The highest BCUT2D eigenvalue weighted by molar-refractivity contribution is 5.35. The summed E-state index contributed by atoms with van der Waals surface area (Å²) in [7, 11) is 0. The van der Waals surface area contributed by atoms with E-state index in [0.29, 0.717) is 5.56 Å². The fourth-order valence-electron chi connectivity index (χ4n) is 1.87. The summed E-state index contributed by atoms with van der Waals surface area (Å²) >= 11 is 0. The maximum absolute atomic E-state index is 13.2. The van der Waals surface area contributed by atoms with Crippen LogP contribution >= 0.6 is 0 Å². The Morgan fingerprint density at radius 1 is 1.22 bits per heavy atom. The van der Waals surface area contributed by atoms with Crippen molar-refractivity contribution in [3.63, 3.8) is 0 Å². The molecule has 1 heterocycles. The molecule has 0 aliphatic carbocycles. The molecule has 0 amide bonds. The Balaban J connectivity index is 2.45. The summed E-state index contributed by atoms with van der Waals surface area (Å²) in [6.07, 6.45) is 3.33. The van der Waals surface area contributed by atoms with Crippen molar-refractivity contribution in [2.45, 2.75) is 13.0 Å². The minimum absolute atomic E-state index is 0.400. The largest absolute Gasteiger partial charge is 0.271 e. The number of pyridine rings is 1. The van der Waals surface area contributed by atoms with Gasteiger partial charge in [-0.2, -0.15) is 0 Å². The van der Waals surface area contributed by atoms with E-state index in [1.807, 2.05) is 6.92 Å². The molecule has 2 aromatic rings. The summed E-state index contributed by atoms with van der Waals surface area (Å²) in [5, 5.41) is 0. The molecule has 3 N–H and O–H groups in total. The second kappa shape index (κ2) is 5.20. The molecule has 0 saturated heterocycles. The molecule has 18 heavy (non-hydrogen) atoms. The summed E-state index contributed by atoms with van der Waals surface area (Å²) < 4.78 is 26.1. The van der Waals surface area contributed by atoms with E-state index in [4.69, 9.17) is 5.84 Å². The summed E-state index contributed by atoms with van der Waals surface area (Å²) in [5.74, 6) is 3.74. The van der Waals surface area contributed by atoms with Gasteiger partial charge in [0.15, 0.2) is 11.6 Å². The number of halogens is 2. The molecule has 0 bridgehead atoms. The average Bonchev–Trinajstić information content (AvgIpc) is 2.37. The van der Waals surface area contributed by atoms with Crippen molar-refractivity contribution in [2.75, 3.05) is 0 Å². The zero-order chi connectivity index (χ0) is 13.1. The van der Waals surface area contributed by atoms with Gasteiger partial charge in [0.2, 0.25) is 0 Å². The number of nitrogens with one attached hydrogen (secondary N) is 1. The molecule has 1 aromatic heterocycles. The van der Waals surface area contributed by atoms with Crippen LogP contribution in [0.1, 0.15) is 22.7 Å². The van der Waals surface area contributed by atoms with Gasteiger partial charge in [-0.25, -0.2) is 14.2 Å². The van der Waals surface area contributed by atoms with E-state index >= 15 is 0 Å². The standard InChI is InChI=1S/C13H13F2N3/c1-8-7-17-5-4-10(8)13(18-16)9-2-3-11(14)12(15)6-9/h2-7,13,18H,16H2,1H3. The maximum atomic E-state index is 13.2. The second-order valence-electron chi connectivity index (χ2n) is 4.01. The third-order valence-electron chi connectivity index (χ3n) is 2.82. The Labute approximate surface area is 104 Å². The third-order valence-corrected chi connectivity index (χ3v) is 2.82. The lowest BCUT2D eigenvalue weighted by Gasteiger charge is -2.18. The zero-order valence-electron chi connectivity index (χ0n) is 9.82. The molecule has 5 heteroatoms. The highest BCUT2D eigenvalue weighted by Gasteiger charge is 2.16. The molecule has 0 radical (unpaired) electrons. The van der Waals surface area contributed by atoms with Crippen molar-refractivity contribution in [3.8, 4) is 0 Å².